The van der Waals surface area contributed by atoms with E-state index in [4.69, 9.17) is 0 Å². The number of aliphatic hydroxyl groups excluding tert-OH is 1. The quantitative estimate of drug-likeness (QED) is 0.384. The summed E-state index contributed by atoms with van der Waals surface area (Å²) in [7, 11) is 0. The highest BCUT2D eigenvalue weighted by atomic mass is 16.3. The topological polar surface area (TPSA) is 113 Å². The van der Waals surface area contributed by atoms with Crippen LogP contribution >= 0.6 is 0 Å². The maximum atomic E-state index is 12.8. The van der Waals surface area contributed by atoms with Crippen molar-refractivity contribution in [3.63, 3.8) is 0 Å². The van der Waals surface area contributed by atoms with Gasteiger partial charge in [0.25, 0.3) is 5.91 Å². The third kappa shape index (κ3) is 4.37. The first-order valence-corrected chi connectivity index (χ1v) is 13.4. The number of carbonyl (C=O) groups is 4. The number of hydrogen-bond donors (Lipinski definition) is 3. The van der Waals surface area contributed by atoms with Gasteiger partial charge < -0.3 is 15.7 Å². The van der Waals surface area contributed by atoms with E-state index in [2.05, 4.69) is 29.7 Å². The fourth-order valence-electron chi connectivity index (χ4n) is 7.81. The van der Waals surface area contributed by atoms with Crippen molar-refractivity contribution < 1.29 is 24.3 Å². The van der Waals surface area contributed by atoms with Crippen LogP contribution in [-0.2, 0) is 19.2 Å². The molecule has 0 spiro atoms. The van der Waals surface area contributed by atoms with Crippen LogP contribution in [-0.4, -0.2) is 41.1 Å². The Bertz CT molecular complexity index is 1090. The summed E-state index contributed by atoms with van der Waals surface area (Å²) in [6.07, 6.45) is 15.2. The Balaban J connectivity index is 1.46. The zero-order chi connectivity index (χ0) is 25.6. The monoisotopic (exact) mass is 492 g/mol. The number of ketones is 2. The first-order valence-electron chi connectivity index (χ1n) is 13.4. The first kappa shape index (κ1) is 24.7. The summed E-state index contributed by atoms with van der Waals surface area (Å²) in [6, 6.07) is -0.675. The summed E-state index contributed by atoms with van der Waals surface area (Å²) in [5.41, 5.74) is -0.173. The number of rotatable bonds is 1. The largest absolute Gasteiger partial charge is 0.507 e. The smallest absolute Gasteiger partial charge is 0.259 e. The Morgan fingerprint density at radius 1 is 1.00 bits per heavy atom. The number of fused-ring (bicyclic) bond motifs is 7. The highest BCUT2D eigenvalue weighted by molar-refractivity contribution is 6.27. The van der Waals surface area contributed by atoms with Gasteiger partial charge in [-0.05, 0) is 92.6 Å². The zero-order valence-corrected chi connectivity index (χ0v) is 21.0. The zero-order valence-electron chi connectivity index (χ0n) is 21.0. The van der Waals surface area contributed by atoms with E-state index in [1.165, 1.54) is 6.08 Å². The van der Waals surface area contributed by atoms with Crippen LogP contribution in [0.4, 0.5) is 0 Å². The lowest BCUT2D eigenvalue weighted by atomic mass is 9.69. The van der Waals surface area contributed by atoms with Crippen molar-refractivity contribution in [2.75, 3.05) is 6.54 Å². The van der Waals surface area contributed by atoms with Crippen LogP contribution in [0, 0.1) is 47.3 Å². The third-order valence-electron chi connectivity index (χ3n) is 9.32. The van der Waals surface area contributed by atoms with Crippen molar-refractivity contribution in [3.05, 3.63) is 47.8 Å². The number of nitrogens with one attached hydrogen (secondary N) is 2. The van der Waals surface area contributed by atoms with Crippen LogP contribution in [0.25, 0.3) is 0 Å². The fraction of sp³-hybridized carbons (Fsp3) is 0.586. The Kier molecular flexibility index (Phi) is 6.75. The van der Waals surface area contributed by atoms with Gasteiger partial charge in [-0.2, -0.15) is 0 Å². The van der Waals surface area contributed by atoms with Crippen molar-refractivity contribution in [3.8, 4) is 0 Å². The minimum atomic E-state index is -0.675. The summed E-state index contributed by atoms with van der Waals surface area (Å²) < 4.78 is 0. The molecule has 0 aromatic carbocycles. The van der Waals surface area contributed by atoms with E-state index in [0.717, 1.165) is 19.3 Å². The molecule has 36 heavy (non-hydrogen) atoms. The molecule has 3 fully saturated rings. The van der Waals surface area contributed by atoms with Crippen molar-refractivity contribution in [2.45, 2.75) is 52.0 Å². The van der Waals surface area contributed by atoms with E-state index >= 15 is 0 Å². The minimum Gasteiger partial charge on any atom is -0.507 e. The van der Waals surface area contributed by atoms with Crippen molar-refractivity contribution >= 4 is 23.4 Å². The molecule has 0 unspecified atom stereocenters. The minimum absolute atomic E-state index is 0.0759. The Morgan fingerprint density at radius 3 is 2.53 bits per heavy atom. The lowest BCUT2D eigenvalue weighted by Crippen LogP contribution is -2.31. The molecule has 2 bridgehead atoms. The molecule has 0 radical (unpaired) electrons. The highest BCUT2D eigenvalue weighted by Gasteiger charge is 2.53. The Morgan fingerprint density at radius 2 is 1.75 bits per heavy atom. The molecule has 9 atom stereocenters. The second-order valence-corrected chi connectivity index (χ2v) is 11.4. The molecule has 1 saturated heterocycles. The van der Waals surface area contributed by atoms with Gasteiger partial charge in [-0.1, -0.05) is 31.2 Å². The average molecular weight is 493 g/mol. The normalized spacial score (nSPS) is 44.3. The van der Waals surface area contributed by atoms with E-state index in [9.17, 15) is 24.3 Å². The summed E-state index contributed by atoms with van der Waals surface area (Å²) in [5.74, 6) is 1.15. The molecule has 2 amide bonds. The van der Waals surface area contributed by atoms with Gasteiger partial charge in [0.2, 0.25) is 5.91 Å². The molecule has 2 saturated carbocycles. The molecular formula is C29H36N2O5. The van der Waals surface area contributed by atoms with Gasteiger partial charge in [0.05, 0.1) is 6.04 Å². The molecule has 2 heterocycles. The molecule has 5 aliphatic rings. The number of aliphatic hydroxyl groups is 1. The second kappa shape index (κ2) is 9.83. The van der Waals surface area contributed by atoms with Gasteiger partial charge in [0, 0.05) is 12.5 Å². The van der Waals surface area contributed by atoms with Crippen molar-refractivity contribution in [2.24, 2.45) is 47.3 Å². The van der Waals surface area contributed by atoms with Gasteiger partial charge in [0.1, 0.15) is 17.1 Å². The summed E-state index contributed by atoms with van der Waals surface area (Å²) >= 11 is 0. The van der Waals surface area contributed by atoms with Gasteiger partial charge >= 0.3 is 0 Å². The number of amides is 2. The average Bonchev–Trinajstić information content (AvgIpc) is 3.44. The first-order chi connectivity index (χ1) is 17.3. The summed E-state index contributed by atoms with van der Waals surface area (Å²) in [4.78, 5) is 49.9. The molecule has 5 rings (SSSR count). The second-order valence-electron chi connectivity index (χ2n) is 11.4. The Hall–Kier alpha value is -2.96. The molecule has 2 aliphatic heterocycles. The molecular weight excluding hydrogens is 456 g/mol. The van der Waals surface area contributed by atoms with Crippen LogP contribution in [0.1, 0.15) is 46.0 Å². The van der Waals surface area contributed by atoms with Gasteiger partial charge in [-0.3, -0.25) is 19.2 Å². The van der Waals surface area contributed by atoms with E-state index in [0.29, 0.717) is 43.1 Å². The van der Waals surface area contributed by atoms with E-state index in [1.807, 2.05) is 12.2 Å². The lowest BCUT2D eigenvalue weighted by Gasteiger charge is -2.35. The summed E-state index contributed by atoms with van der Waals surface area (Å²) in [5, 5.41) is 16.2. The van der Waals surface area contributed by atoms with E-state index < -0.39 is 17.7 Å². The van der Waals surface area contributed by atoms with Gasteiger partial charge in [-0.15, -0.1) is 0 Å². The van der Waals surface area contributed by atoms with Gasteiger partial charge in [0.15, 0.2) is 5.78 Å². The van der Waals surface area contributed by atoms with E-state index in [-0.39, 0.29) is 46.7 Å². The standard InChI is InChI=1S/C29H36N2O5/c1-15-13-21-20(26(15)16(2)32)10-9-19-18-5-3-7-25(34)30-12-4-6-23-28(35)27(29(36)31-23)24(33)11-8-17(18)14-22(19)21/h3,7-11,15,17-23,26,33H,4-6,12-14H2,1-2H3,(H,30,34)(H,31,36)/b7-3-,11-8-,27-24-/t15-,17-,18+,19-,20-,21+,22+,23+,26+/m1/s1. The van der Waals surface area contributed by atoms with Crippen LogP contribution in [0.5, 0.6) is 0 Å². The molecule has 7 nitrogen and oxygen atoms in total. The predicted molar refractivity (Wildman–Crippen MR) is 134 cm³/mol. The molecule has 0 aromatic rings. The third-order valence-corrected chi connectivity index (χ3v) is 9.32. The molecule has 7 heteroatoms. The predicted octanol–water partition coefficient (Wildman–Crippen LogP) is 3.19. The molecule has 3 N–H and O–H groups in total. The highest BCUT2D eigenvalue weighted by Crippen LogP contribution is 2.58. The molecule has 0 aromatic heterocycles. The molecule has 3 aliphatic carbocycles. The number of allylic oxidation sites excluding steroid dienone is 5. The van der Waals surface area contributed by atoms with Crippen LogP contribution in [0.3, 0.4) is 0 Å². The summed E-state index contributed by atoms with van der Waals surface area (Å²) in [6.45, 7) is 4.30. The van der Waals surface area contributed by atoms with Gasteiger partial charge in [-0.25, -0.2) is 0 Å². The maximum Gasteiger partial charge on any atom is 0.259 e. The molecule has 192 valence electrons. The lowest BCUT2D eigenvalue weighted by molar-refractivity contribution is -0.123. The maximum absolute atomic E-state index is 12.8. The van der Waals surface area contributed by atoms with E-state index in [1.54, 1.807) is 13.0 Å². The number of hydrogen-bond acceptors (Lipinski definition) is 5. The van der Waals surface area contributed by atoms with Crippen LogP contribution < -0.4 is 10.6 Å². The Labute approximate surface area is 212 Å². The van der Waals surface area contributed by atoms with Crippen LogP contribution in [0.2, 0.25) is 0 Å². The SMILES string of the molecule is CC(=O)[C@H]1[C@@H]2C=C[C@@H]3[C@H]4C/C=C\C(=O)NCCC[C@@H]5NC(=O)/C(=C(O)/C=C\[C@@H]4C[C@@H]3[C@H]2C[C@H]1C)C5=O. The van der Waals surface area contributed by atoms with Crippen LogP contribution in [0.15, 0.2) is 47.8 Å². The number of Topliss-reactive ketones (excluding diaryl/α,β-unsaturated/α-hetero) is 2. The fourth-order valence-corrected chi connectivity index (χ4v) is 7.81. The number of carbonyl (C=O) groups excluding carboxylic acids is 4. The van der Waals surface area contributed by atoms with Crippen molar-refractivity contribution in [1.29, 1.82) is 0 Å². The van der Waals surface area contributed by atoms with Crippen molar-refractivity contribution in [1.82, 2.24) is 10.6 Å².